The van der Waals surface area contributed by atoms with E-state index in [0.717, 1.165) is 16.4 Å². The Morgan fingerprint density at radius 3 is 2.75 bits per heavy atom. The lowest BCUT2D eigenvalue weighted by Gasteiger charge is -2.39. The third kappa shape index (κ3) is 4.92. The van der Waals surface area contributed by atoms with E-state index in [1.807, 2.05) is 31.2 Å². The number of carbonyl (C=O) groups is 2. The van der Waals surface area contributed by atoms with Gasteiger partial charge >= 0.3 is 12.0 Å². The van der Waals surface area contributed by atoms with Gasteiger partial charge in [-0.25, -0.2) is 19.0 Å². The van der Waals surface area contributed by atoms with Gasteiger partial charge in [0.2, 0.25) is 5.88 Å². The van der Waals surface area contributed by atoms with Crippen molar-refractivity contribution in [3.05, 3.63) is 71.9 Å². The number of nitrogens with zero attached hydrogens (tertiary/aromatic N) is 5. The number of carboxylic acids is 1. The molecule has 10 heteroatoms. The van der Waals surface area contributed by atoms with E-state index in [0.29, 0.717) is 37.8 Å². The van der Waals surface area contributed by atoms with Crippen molar-refractivity contribution >= 4 is 12.0 Å². The van der Waals surface area contributed by atoms with E-state index < -0.39 is 11.8 Å². The summed E-state index contributed by atoms with van der Waals surface area (Å²) >= 11 is 0. The van der Waals surface area contributed by atoms with E-state index in [1.54, 1.807) is 4.90 Å². The van der Waals surface area contributed by atoms with E-state index in [1.165, 1.54) is 24.4 Å². The molecular formula is C22H22FN5O4. The molecule has 0 radical (unpaired) electrons. The first-order chi connectivity index (χ1) is 15.4. The maximum atomic E-state index is 13.0. The zero-order valence-electron chi connectivity index (χ0n) is 17.4. The number of rotatable bonds is 5. The third-order valence-corrected chi connectivity index (χ3v) is 5.19. The normalized spacial score (nSPS) is 16.7. The second kappa shape index (κ2) is 9.15. The lowest BCUT2D eigenvalue weighted by molar-refractivity contribution is 0.0689. The van der Waals surface area contributed by atoms with Crippen LogP contribution < -0.4 is 4.74 Å². The molecule has 1 fully saturated rings. The molecule has 166 valence electrons. The van der Waals surface area contributed by atoms with Crippen molar-refractivity contribution in [2.75, 3.05) is 19.6 Å². The second-order valence-corrected chi connectivity index (χ2v) is 7.57. The minimum absolute atomic E-state index is 0.0726. The number of aromatic carboxylic acids is 1. The van der Waals surface area contributed by atoms with Crippen LogP contribution >= 0.6 is 0 Å². The Hall–Kier alpha value is -3.79. The summed E-state index contributed by atoms with van der Waals surface area (Å²) in [5.74, 6) is -0.672. The molecule has 9 nitrogen and oxygen atoms in total. The fourth-order valence-corrected chi connectivity index (χ4v) is 3.65. The number of carbonyl (C=O) groups excluding carboxylic acids is 1. The molecule has 3 heterocycles. The molecule has 0 bridgehead atoms. The first-order valence-electron chi connectivity index (χ1n) is 10.1. The summed E-state index contributed by atoms with van der Waals surface area (Å²) in [4.78, 5) is 31.5. The summed E-state index contributed by atoms with van der Waals surface area (Å²) in [7, 11) is 0. The minimum Gasteiger partial charge on any atom is -0.476 e. The van der Waals surface area contributed by atoms with Crippen LogP contribution in [0.2, 0.25) is 0 Å². The van der Waals surface area contributed by atoms with Gasteiger partial charge in [-0.1, -0.05) is 12.1 Å². The highest BCUT2D eigenvalue weighted by molar-refractivity contribution is 5.86. The molecular weight excluding hydrogens is 417 g/mol. The zero-order chi connectivity index (χ0) is 22.7. The Kier molecular flexibility index (Phi) is 6.13. The van der Waals surface area contributed by atoms with Crippen LogP contribution in [0.4, 0.5) is 9.18 Å². The number of pyridine rings is 1. The molecule has 0 saturated carbocycles. The van der Waals surface area contributed by atoms with Crippen molar-refractivity contribution in [1.29, 1.82) is 0 Å². The summed E-state index contributed by atoms with van der Waals surface area (Å²) in [5, 5.41) is 12.8. The van der Waals surface area contributed by atoms with Crippen molar-refractivity contribution < 1.29 is 23.8 Å². The first-order valence-corrected chi connectivity index (χ1v) is 10.1. The van der Waals surface area contributed by atoms with Crippen LogP contribution in [0.5, 0.6) is 11.6 Å². The summed E-state index contributed by atoms with van der Waals surface area (Å²) in [6.45, 7) is 4.44. The number of piperazine rings is 1. The van der Waals surface area contributed by atoms with Gasteiger partial charge in [-0.2, -0.15) is 9.78 Å². The largest absolute Gasteiger partial charge is 0.476 e. The fraction of sp³-hybridized carbons (Fsp3) is 0.273. The van der Waals surface area contributed by atoms with Crippen LogP contribution in [0.1, 0.15) is 23.0 Å². The lowest BCUT2D eigenvalue weighted by Crippen LogP contribution is -2.54. The van der Waals surface area contributed by atoms with Crippen molar-refractivity contribution in [2.45, 2.75) is 19.5 Å². The summed E-state index contributed by atoms with van der Waals surface area (Å²) in [6.07, 6.45) is 2.47. The van der Waals surface area contributed by atoms with Crippen LogP contribution in [0, 0.1) is 5.82 Å². The molecule has 1 N–H and O–H groups in total. The number of aromatic nitrogens is 3. The molecule has 0 aliphatic carbocycles. The number of carboxylic acid groups (broad SMARTS) is 1. The van der Waals surface area contributed by atoms with Gasteiger partial charge in [0.15, 0.2) is 5.69 Å². The number of hydrogen-bond donors (Lipinski definition) is 1. The number of hydrogen-bond acceptors (Lipinski definition) is 6. The maximum absolute atomic E-state index is 13.0. The monoisotopic (exact) mass is 439 g/mol. The van der Waals surface area contributed by atoms with E-state index >= 15 is 0 Å². The number of halogens is 1. The lowest BCUT2D eigenvalue weighted by atomic mass is 10.1. The fourth-order valence-electron chi connectivity index (χ4n) is 3.65. The molecule has 32 heavy (non-hydrogen) atoms. The molecule has 0 spiro atoms. The highest BCUT2D eigenvalue weighted by atomic mass is 19.1. The molecule has 1 aliphatic heterocycles. The van der Waals surface area contributed by atoms with Gasteiger partial charge in [-0.3, -0.25) is 4.90 Å². The van der Waals surface area contributed by atoms with Gasteiger partial charge in [-0.15, -0.1) is 0 Å². The van der Waals surface area contributed by atoms with E-state index in [9.17, 15) is 14.0 Å². The Morgan fingerprint density at radius 2 is 2.06 bits per heavy atom. The van der Waals surface area contributed by atoms with Crippen LogP contribution in [-0.4, -0.2) is 67.3 Å². The minimum atomic E-state index is -1.17. The topological polar surface area (TPSA) is 101 Å². The van der Waals surface area contributed by atoms with Gasteiger partial charge in [0, 0.05) is 44.5 Å². The SMILES string of the molecule is C[C@@H]1CN(Cc2cccc(Oc3ccc(F)cn3)c2)CCN1C(=O)n1ccc(C(=O)O)n1. The van der Waals surface area contributed by atoms with Crippen LogP contribution in [0.15, 0.2) is 54.9 Å². The maximum Gasteiger partial charge on any atom is 0.356 e. The van der Waals surface area contributed by atoms with Gasteiger partial charge in [0.05, 0.1) is 6.20 Å². The number of benzene rings is 1. The van der Waals surface area contributed by atoms with Crippen LogP contribution in [0.3, 0.4) is 0 Å². The second-order valence-electron chi connectivity index (χ2n) is 7.57. The molecule has 1 aliphatic rings. The average molecular weight is 439 g/mol. The van der Waals surface area contributed by atoms with Crippen LogP contribution in [0.25, 0.3) is 0 Å². The molecule has 1 amide bonds. The third-order valence-electron chi connectivity index (χ3n) is 5.19. The molecule has 2 aromatic heterocycles. The Balaban J connectivity index is 1.36. The first kappa shape index (κ1) is 21.4. The van der Waals surface area contributed by atoms with Gasteiger partial charge in [0.1, 0.15) is 11.6 Å². The standard InChI is InChI=1S/C22H22FN5O4/c1-15-13-26(9-10-27(15)22(31)28-8-7-19(25-28)21(29)30)14-16-3-2-4-18(11-16)32-20-6-5-17(23)12-24-20/h2-8,11-12,15H,9-10,13-14H2,1H3,(H,29,30)/t15-/m1/s1. The molecule has 4 rings (SSSR count). The molecule has 3 aromatic rings. The molecule has 1 aromatic carbocycles. The van der Waals surface area contributed by atoms with Crippen molar-refractivity contribution in [2.24, 2.45) is 0 Å². The van der Waals surface area contributed by atoms with Gasteiger partial charge in [0.25, 0.3) is 0 Å². The smallest absolute Gasteiger partial charge is 0.356 e. The Labute approximate surface area is 183 Å². The molecule has 1 atom stereocenters. The van der Waals surface area contributed by atoms with E-state index in [2.05, 4.69) is 15.0 Å². The van der Waals surface area contributed by atoms with Crippen LogP contribution in [-0.2, 0) is 6.54 Å². The van der Waals surface area contributed by atoms with Gasteiger partial charge < -0.3 is 14.7 Å². The number of ether oxygens (including phenoxy) is 1. The zero-order valence-corrected chi connectivity index (χ0v) is 17.4. The highest BCUT2D eigenvalue weighted by Gasteiger charge is 2.29. The highest BCUT2D eigenvalue weighted by Crippen LogP contribution is 2.22. The summed E-state index contributed by atoms with van der Waals surface area (Å²) in [6, 6.07) is 11.2. The predicted molar refractivity (Wildman–Crippen MR) is 112 cm³/mol. The quantitative estimate of drug-likeness (QED) is 0.652. The Morgan fingerprint density at radius 1 is 1.22 bits per heavy atom. The van der Waals surface area contributed by atoms with Crippen molar-refractivity contribution in [1.82, 2.24) is 24.6 Å². The summed E-state index contributed by atoms with van der Waals surface area (Å²) in [5.41, 5.74) is 0.873. The van der Waals surface area contributed by atoms with E-state index in [-0.39, 0.29) is 17.8 Å². The van der Waals surface area contributed by atoms with E-state index in [4.69, 9.17) is 9.84 Å². The van der Waals surface area contributed by atoms with Crippen molar-refractivity contribution in [3.63, 3.8) is 0 Å². The Bertz CT molecular complexity index is 1120. The van der Waals surface area contributed by atoms with Gasteiger partial charge in [-0.05, 0) is 36.8 Å². The predicted octanol–water partition coefficient (Wildman–Crippen LogP) is 3.08. The molecule has 0 unspecified atom stereocenters. The van der Waals surface area contributed by atoms with Crippen molar-refractivity contribution in [3.8, 4) is 11.6 Å². The number of amides is 1. The average Bonchev–Trinajstić information content (AvgIpc) is 3.26. The summed E-state index contributed by atoms with van der Waals surface area (Å²) < 4.78 is 19.8. The molecule has 1 saturated heterocycles.